The minimum absolute atomic E-state index is 0.0663. The van der Waals surface area contributed by atoms with Gasteiger partial charge < -0.3 is 9.84 Å². The third kappa shape index (κ3) is 4.28. The van der Waals surface area contributed by atoms with Crippen molar-refractivity contribution < 1.29 is 19.4 Å². The summed E-state index contributed by atoms with van der Waals surface area (Å²) in [7, 11) is 1.47. The van der Waals surface area contributed by atoms with E-state index in [-0.39, 0.29) is 18.9 Å². The molecule has 1 atom stereocenters. The van der Waals surface area contributed by atoms with Gasteiger partial charge in [0, 0.05) is 25.4 Å². The van der Waals surface area contributed by atoms with Crippen molar-refractivity contribution in [2.75, 3.05) is 13.7 Å². The predicted molar refractivity (Wildman–Crippen MR) is 117 cm³/mol. The van der Waals surface area contributed by atoms with Crippen LogP contribution in [0.1, 0.15) is 29.0 Å². The summed E-state index contributed by atoms with van der Waals surface area (Å²) in [5.41, 5.74) is 5.45. The third-order valence-corrected chi connectivity index (χ3v) is 5.81. The van der Waals surface area contributed by atoms with Crippen molar-refractivity contribution in [3.8, 4) is 11.1 Å². The Balaban J connectivity index is 1.43. The Kier molecular flexibility index (Phi) is 5.98. The van der Waals surface area contributed by atoms with Crippen LogP contribution in [0, 0.1) is 0 Å². The van der Waals surface area contributed by atoms with Gasteiger partial charge >= 0.3 is 12.1 Å². The van der Waals surface area contributed by atoms with E-state index < -0.39 is 18.1 Å². The molecule has 1 aliphatic rings. The summed E-state index contributed by atoms with van der Waals surface area (Å²) in [6, 6.07) is 18.9. The first-order valence-electron chi connectivity index (χ1n) is 10.3. The lowest BCUT2D eigenvalue weighted by Crippen LogP contribution is -2.43. The van der Waals surface area contributed by atoms with E-state index >= 15 is 0 Å². The number of aryl methyl sites for hydroxylation is 1. The quantitative estimate of drug-likeness (QED) is 0.619. The molecule has 3 aromatic rings. The monoisotopic (exact) mass is 416 g/mol. The highest BCUT2D eigenvalue weighted by atomic mass is 16.6. The number of hydrogen-bond acceptors (Lipinski definition) is 4. The van der Waals surface area contributed by atoms with E-state index in [1.165, 1.54) is 11.9 Å². The van der Waals surface area contributed by atoms with Crippen molar-refractivity contribution in [1.82, 2.24) is 9.88 Å². The topological polar surface area (TPSA) is 79.7 Å². The highest BCUT2D eigenvalue weighted by molar-refractivity contribution is 5.81. The number of aromatic nitrogens is 1. The Morgan fingerprint density at radius 1 is 1.03 bits per heavy atom. The number of carboxylic acids is 1. The summed E-state index contributed by atoms with van der Waals surface area (Å²) in [5, 5.41) is 9.65. The van der Waals surface area contributed by atoms with Gasteiger partial charge in [0.15, 0.2) is 0 Å². The molecule has 1 aliphatic carbocycles. The van der Waals surface area contributed by atoms with Crippen LogP contribution < -0.4 is 0 Å². The van der Waals surface area contributed by atoms with Gasteiger partial charge in [-0.25, -0.2) is 9.59 Å². The number of pyridine rings is 1. The van der Waals surface area contributed by atoms with Crippen LogP contribution in [0.2, 0.25) is 0 Å². The predicted octanol–water partition coefficient (Wildman–Crippen LogP) is 4.35. The van der Waals surface area contributed by atoms with Crippen molar-refractivity contribution in [3.05, 3.63) is 89.7 Å². The fraction of sp³-hybridized carbons (Fsp3) is 0.240. The first kappa shape index (κ1) is 20.6. The van der Waals surface area contributed by atoms with Crippen LogP contribution in [-0.4, -0.2) is 46.7 Å². The summed E-state index contributed by atoms with van der Waals surface area (Å²) in [4.78, 5) is 29.7. The number of carboxylic acid groups (broad SMARTS) is 1. The zero-order valence-corrected chi connectivity index (χ0v) is 17.3. The summed E-state index contributed by atoms with van der Waals surface area (Å²) in [6.45, 7) is 0.159. The van der Waals surface area contributed by atoms with Crippen molar-refractivity contribution in [2.45, 2.75) is 24.8 Å². The SMILES string of the molecule is CN(C(=O)OCC1c2ccccc2-c2ccccc21)[C@@H](CCc1cccnc1)C(=O)O. The average molecular weight is 416 g/mol. The Hall–Kier alpha value is -3.67. The molecule has 6 heteroatoms. The molecule has 0 aliphatic heterocycles. The van der Waals surface area contributed by atoms with Gasteiger partial charge in [0.25, 0.3) is 0 Å². The molecular weight excluding hydrogens is 392 g/mol. The molecule has 0 bridgehead atoms. The molecule has 1 amide bonds. The molecule has 1 aromatic heterocycles. The van der Waals surface area contributed by atoms with Crippen LogP contribution in [0.3, 0.4) is 0 Å². The summed E-state index contributed by atoms with van der Waals surface area (Å²) in [5.74, 6) is -1.12. The molecule has 0 radical (unpaired) electrons. The largest absolute Gasteiger partial charge is 0.480 e. The van der Waals surface area contributed by atoms with Crippen LogP contribution in [0.15, 0.2) is 73.1 Å². The molecule has 6 nitrogen and oxygen atoms in total. The first-order valence-corrected chi connectivity index (χ1v) is 10.3. The number of hydrogen-bond donors (Lipinski definition) is 1. The summed E-state index contributed by atoms with van der Waals surface area (Å²) >= 11 is 0. The molecule has 0 saturated carbocycles. The average Bonchev–Trinajstić information content (AvgIpc) is 3.11. The third-order valence-electron chi connectivity index (χ3n) is 5.81. The van der Waals surface area contributed by atoms with Crippen molar-refractivity contribution in [3.63, 3.8) is 0 Å². The van der Waals surface area contributed by atoms with Gasteiger partial charge in [-0.15, -0.1) is 0 Å². The molecule has 2 aromatic carbocycles. The number of benzene rings is 2. The molecule has 1 N–H and O–H groups in total. The second kappa shape index (κ2) is 9.00. The van der Waals surface area contributed by atoms with E-state index in [0.717, 1.165) is 27.8 Å². The first-order chi connectivity index (χ1) is 15.1. The molecule has 158 valence electrons. The Morgan fingerprint density at radius 3 is 2.26 bits per heavy atom. The maximum absolute atomic E-state index is 12.7. The summed E-state index contributed by atoms with van der Waals surface area (Å²) in [6.07, 6.45) is 3.52. The number of likely N-dealkylation sites (N-methyl/N-ethyl adjacent to an activating group) is 1. The van der Waals surface area contributed by atoms with Crippen molar-refractivity contribution >= 4 is 12.1 Å². The smallest absolute Gasteiger partial charge is 0.410 e. The van der Waals surface area contributed by atoms with Gasteiger partial charge in [-0.1, -0.05) is 54.6 Å². The van der Waals surface area contributed by atoms with Gasteiger partial charge in [-0.2, -0.15) is 0 Å². The van der Waals surface area contributed by atoms with E-state index in [2.05, 4.69) is 17.1 Å². The number of ether oxygens (including phenoxy) is 1. The summed E-state index contributed by atoms with van der Waals surface area (Å²) < 4.78 is 5.60. The van der Waals surface area contributed by atoms with E-state index in [4.69, 9.17) is 4.74 Å². The van der Waals surface area contributed by atoms with Crippen LogP contribution in [0.4, 0.5) is 4.79 Å². The molecule has 0 spiro atoms. The molecule has 31 heavy (non-hydrogen) atoms. The van der Waals surface area contributed by atoms with Crippen LogP contribution in [0.5, 0.6) is 0 Å². The highest BCUT2D eigenvalue weighted by Gasteiger charge is 2.31. The normalized spacial score (nSPS) is 13.2. The van der Waals surface area contributed by atoms with Crippen molar-refractivity contribution in [2.24, 2.45) is 0 Å². The van der Waals surface area contributed by atoms with Gasteiger partial charge in [0.1, 0.15) is 12.6 Å². The van der Waals surface area contributed by atoms with E-state index in [9.17, 15) is 14.7 Å². The molecular formula is C25H24N2O4. The lowest BCUT2D eigenvalue weighted by atomic mass is 9.98. The van der Waals surface area contributed by atoms with Gasteiger partial charge in [0.05, 0.1) is 0 Å². The van der Waals surface area contributed by atoms with Crippen LogP contribution in [0.25, 0.3) is 11.1 Å². The Bertz CT molecular complexity index is 1040. The van der Waals surface area contributed by atoms with Crippen LogP contribution >= 0.6 is 0 Å². The zero-order chi connectivity index (χ0) is 21.8. The number of amides is 1. The van der Waals surface area contributed by atoms with Gasteiger partial charge in [-0.3, -0.25) is 9.88 Å². The zero-order valence-electron chi connectivity index (χ0n) is 17.3. The van der Waals surface area contributed by atoms with Gasteiger partial charge in [0.2, 0.25) is 0 Å². The molecule has 0 saturated heterocycles. The number of carbonyl (C=O) groups is 2. The van der Waals surface area contributed by atoms with E-state index in [1.807, 2.05) is 42.5 Å². The van der Waals surface area contributed by atoms with Gasteiger partial charge in [-0.05, 0) is 46.7 Å². The number of carbonyl (C=O) groups excluding carboxylic acids is 1. The Morgan fingerprint density at radius 2 is 1.68 bits per heavy atom. The molecule has 4 rings (SSSR count). The van der Waals surface area contributed by atoms with E-state index in [0.29, 0.717) is 6.42 Å². The lowest BCUT2D eigenvalue weighted by Gasteiger charge is -2.25. The van der Waals surface area contributed by atoms with Crippen molar-refractivity contribution in [1.29, 1.82) is 0 Å². The second-order valence-electron chi connectivity index (χ2n) is 7.67. The maximum atomic E-state index is 12.7. The fourth-order valence-electron chi connectivity index (χ4n) is 4.16. The number of nitrogens with zero attached hydrogens (tertiary/aromatic N) is 2. The maximum Gasteiger partial charge on any atom is 0.410 e. The van der Waals surface area contributed by atoms with E-state index in [1.54, 1.807) is 18.5 Å². The Labute approximate surface area is 181 Å². The number of rotatable bonds is 7. The minimum Gasteiger partial charge on any atom is -0.480 e. The lowest BCUT2D eigenvalue weighted by molar-refractivity contribution is -0.142. The molecule has 1 heterocycles. The number of fused-ring (bicyclic) bond motifs is 3. The highest BCUT2D eigenvalue weighted by Crippen LogP contribution is 2.44. The standard InChI is InChI=1S/C25H24N2O4/c1-27(23(24(28)29)13-12-17-7-6-14-26-15-17)25(30)31-16-22-20-10-4-2-8-18(20)19-9-3-5-11-21(19)22/h2-11,14-15,22-23H,12-13,16H2,1H3,(H,28,29)/t23-/m0/s1. The minimum atomic E-state index is -1.06. The molecule has 0 fully saturated rings. The second-order valence-corrected chi connectivity index (χ2v) is 7.67. The molecule has 0 unspecified atom stereocenters. The number of aliphatic carboxylic acids is 1. The fourth-order valence-corrected chi connectivity index (χ4v) is 4.16. The van der Waals surface area contributed by atoms with Crippen LogP contribution in [-0.2, 0) is 16.0 Å².